The number of carbonyl (C=O) groups excluding carboxylic acids is 1. The number of carbonyl (C=O) groups is 1. The number of benzene rings is 3. The zero-order chi connectivity index (χ0) is 38.7. The molecule has 9 nitrogen and oxygen atoms in total. The molecule has 1 amide bonds. The number of sulfone groups is 1. The molecule has 2 N–H and O–H groups in total. The lowest BCUT2D eigenvalue weighted by atomic mass is 10.1. The molecule has 6 rings (SSSR count). The molecule has 0 aromatic heterocycles. The fourth-order valence-electron chi connectivity index (χ4n) is 6.50. The molecule has 53 heavy (non-hydrogen) atoms. The highest BCUT2D eigenvalue weighted by atomic mass is 32.2. The summed E-state index contributed by atoms with van der Waals surface area (Å²) in [5, 5.41) is 12.6. The molecule has 290 valence electrons. The summed E-state index contributed by atoms with van der Waals surface area (Å²) in [5.41, 5.74) is -0.943. The molecule has 3 fully saturated rings. The van der Waals surface area contributed by atoms with Crippen LogP contribution < -0.4 is 20.0 Å². The number of halogens is 8. The zero-order valence-corrected chi connectivity index (χ0v) is 29.5. The van der Waals surface area contributed by atoms with Crippen molar-refractivity contribution in [2.45, 2.75) is 23.7 Å². The maximum absolute atomic E-state index is 14.4. The predicted octanol–water partition coefficient (Wildman–Crippen LogP) is 5.28. The molecule has 0 radical (unpaired) electrons. The van der Waals surface area contributed by atoms with Crippen LogP contribution in [0.4, 0.5) is 52.2 Å². The van der Waals surface area contributed by atoms with E-state index in [0.29, 0.717) is 57.1 Å². The van der Waals surface area contributed by atoms with E-state index >= 15 is 0 Å². The summed E-state index contributed by atoms with van der Waals surface area (Å²) in [7, 11) is -3.57. The quantitative estimate of drug-likeness (QED) is 0.327. The van der Waals surface area contributed by atoms with Crippen LogP contribution in [0, 0.1) is 17.6 Å². The molecule has 3 aromatic rings. The van der Waals surface area contributed by atoms with E-state index in [9.17, 15) is 53.4 Å². The maximum Gasteiger partial charge on any atom is 0.416 e. The van der Waals surface area contributed by atoms with Gasteiger partial charge >= 0.3 is 12.4 Å². The van der Waals surface area contributed by atoms with Gasteiger partial charge in [0.05, 0.1) is 33.0 Å². The molecule has 3 heterocycles. The van der Waals surface area contributed by atoms with Crippen molar-refractivity contribution in [3.8, 4) is 0 Å². The Bertz CT molecular complexity index is 1880. The molecule has 0 spiro atoms. The summed E-state index contributed by atoms with van der Waals surface area (Å²) in [6, 6.07) is 9.48. The number of alkyl halides is 6. The number of aliphatic hydroxyl groups is 1. The van der Waals surface area contributed by atoms with Gasteiger partial charge in [0, 0.05) is 89.9 Å². The van der Waals surface area contributed by atoms with Gasteiger partial charge < -0.3 is 30.0 Å². The molecule has 18 heteroatoms. The van der Waals surface area contributed by atoms with Gasteiger partial charge in [-0.05, 0) is 61.0 Å². The molecule has 1 atom stereocenters. The Morgan fingerprint density at radius 3 is 1.70 bits per heavy atom. The van der Waals surface area contributed by atoms with Crippen molar-refractivity contribution in [2.24, 2.45) is 5.92 Å². The lowest BCUT2D eigenvalue weighted by Crippen LogP contribution is -2.49. The first-order valence-corrected chi connectivity index (χ1v) is 18.7. The minimum atomic E-state index is -4.64. The molecule has 3 aliphatic rings. The number of nitrogens with zero attached hydrogens (tertiary/aromatic N) is 4. The molecule has 0 bridgehead atoms. The van der Waals surface area contributed by atoms with Crippen molar-refractivity contribution < 1.29 is 53.4 Å². The Hall–Kier alpha value is -4.16. The predicted molar refractivity (Wildman–Crippen MR) is 183 cm³/mol. The molecule has 0 saturated carbocycles. The molecule has 0 aliphatic carbocycles. The van der Waals surface area contributed by atoms with Gasteiger partial charge in [-0.15, -0.1) is 0 Å². The van der Waals surface area contributed by atoms with Gasteiger partial charge in [0.25, 0.3) is 5.91 Å². The number of aliphatic hydroxyl groups excluding tert-OH is 1. The Morgan fingerprint density at radius 1 is 0.736 bits per heavy atom. The van der Waals surface area contributed by atoms with E-state index in [1.165, 1.54) is 23.1 Å². The van der Waals surface area contributed by atoms with Gasteiger partial charge in [-0.3, -0.25) is 4.79 Å². The molecular weight excluding hydrogens is 738 g/mol. The Labute approximate surface area is 301 Å². The molecule has 3 aliphatic heterocycles. The molecule has 3 saturated heterocycles. The van der Waals surface area contributed by atoms with Crippen LogP contribution in [-0.2, 0) is 22.2 Å². The van der Waals surface area contributed by atoms with Crippen molar-refractivity contribution in [3.05, 3.63) is 82.9 Å². The van der Waals surface area contributed by atoms with Crippen LogP contribution in [0.3, 0.4) is 0 Å². The topological polar surface area (TPSA) is 96.4 Å². The monoisotopic (exact) mass is 777 g/mol. The largest absolute Gasteiger partial charge is 0.416 e. The van der Waals surface area contributed by atoms with Crippen LogP contribution in [0.1, 0.15) is 27.9 Å². The Morgan fingerprint density at radius 2 is 1.25 bits per heavy atom. The average molecular weight is 778 g/mol. The maximum atomic E-state index is 14.4. The molecule has 3 aromatic carbocycles. The summed E-state index contributed by atoms with van der Waals surface area (Å²) in [5.74, 6) is -2.12. The van der Waals surface area contributed by atoms with Crippen molar-refractivity contribution in [3.63, 3.8) is 0 Å². The highest BCUT2D eigenvalue weighted by Gasteiger charge is 2.34. The first-order valence-electron chi connectivity index (χ1n) is 16.8. The lowest BCUT2D eigenvalue weighted by molar-refractivity contribution is -0.138. The number of rotatable bonds is 6. The van der Waals surface area contributed by atoms with E-state index in [-0.39, 0.29) is 66.4 Å². The first kappa shape index (κ1) is 40.0. The van der Waals surface area contributed by atoms with Gasteiger partial charge in [0.15, 0.2) is 9.84 Å². The van der Waals surface area contributed by atoms with Gasteiger partial charge in [0.1, 0.15) is 11.6 Å². The summed E-state index contributed by atoms with van der Waals surface area (Å²) < 4.78 is 128. The summed E-state index contributed by atoms with van der Waals surface area (Å²) in [6.45, 7) is 4.55. The third-order valence-electron chi connectivity index (χ3n) is 9.43. The normalized spacial score (nSPS) is 18.6. The second kappa shape index (κ2) is 16.1. The van der Waals surface area contributed by atoms with Crippen LogP contribution in [-0.4, -0.2) is 103 Å². The number of nitrogens with one attached hydrogen (secondary N) is 1. The second-order valence-corrected chi connectivity index (χ2v) is 15.1. The third-order valence-corrected chi connectivity index (χ3v) is 10.5. The van der Waals surface area contributed by atoms with E-state index in [1.54, 1.807) is 15.9 Å². The van der Waals surface area contributed by atoms with Crippen LogP contribution in [0.5, 0.6) is 0 Å². The van der Waals surface area contributed by atoms with Crippen LogP contribution in [0.2, 0.25) is 0 Å². The van der Waals surface area contributed by atoms with Crippen molar-refractivity contribution in [1.82, 2.24) is 10.2 Å². The highest BCUT2D eigenvalue weighted by molar-refractivity contribution is 7.90. The van der Waals surface area contributed by atoms with Gasteiger partial charge in [-0.1, -0.05) is 0 Å². The van der Waals surface area contributed by atoms with Crippen molar-refractivity contribution in [2.75, 3.05) is 93.0 Å². The fraction of sp³-hybridized carbons (Fsp3) is 0.457. The molecular formula is C35H39F8N5O4S. The number of piperazine rings is 2. The SMILES string of the molecule is CS(=O)(=O)c1ccc(N2CCC(CO)C2)c(C(=O)N2CCN(c3ccc(C(F)(F)F)cc3F)CC2)c1.Fc1cc(C(F)(F)F)ccc1N1CCNCC1. The highest BCUT2D eigenvalue weighted by Crippen LogP contribution is 2.35. The van der Waals surface area contributed by atoms with E-state index in [0.717, 1.165) is 30.9 Å². The fourth-order valence-corrected chi connectivity index (χ4v) is 7.15. The zero-order valence-electron chi connectivity index (χ0n) is 28.7. The number of hydrogen-bond donors (Lipinski definition) is 2. The van der Waals surface area contributed by atoms with Gasteiger partial charge in [0.2, 0.25) is 0 Å². The average Bonchev–Trinajstić information content (AvgIpc) is 3.60. The summed E-state index contributed by atoms with van der Waals surface area (Å²) in [6.07, 6.45) is -7.33. The van der Waals surface area contributed by atoms with E-state index in [1.807, 2.05) is 4.90 Å². The minimum Gasteiger partial charge on any atom is -0.396 e. The molecule has 1 unspecified atom stereocenters. The summed E-state index contributed by atoms with van der Waals surface area (Å²) >= 11 is 0. The number of amides is 1. The van der Waals surface area contributed by atoms with E-state index in [4.69, 9.17) is 0 Å². The van der Waals surface area contributed by atoms with Crippen LogP contribution in [0.25, 0.3) is 0 Å². The van der Waals surface area contributed by atoms with Gasteiger partial charge in [-0.25, -0.2) is 17.2 Å². The standard InChI is InChI=1S/C24H27F4N3O4S.C11H12F4N2/c1-36(34,35)18-3-5-21(31-7-6-16(14-31)15-32)19(13-18)23(33)30-10-8-29(9-11-30)22-4-2-17(12-20(22)25)24(26,27)28;12-9-7-8(11(13,14)15)1-2-10(9)17-5-3-16-4-6-17/h2-5,12-13,16,32H,6-11,14-15H2,1H3;1-2,7,16H,3-6H2. The van der Waals surface area contributed by atoms with Crippen LogP contribution in [0.15, 0.2) is 59.5 Å². The van der Waals surface area contributed by atoms with Crippen molar-refractivity contribution in [1.29, 1.82) is 0 Å². The Kier molecular flexibility index (Phi) is 12.1. The third kappa shape index (κ3) is 9.69. The van der Waals surface area contributed by atoms with Crippen molar-refractivity contribution >= 4 is 32.8 Å². The number of anilines is 3. The first-order chi connectivity index (χ1) is 24.9. The van der Waals surface area contributed by atoms with Gasteiger partial charge in [-0.2, -0.15) is 26.3 Å². The second-order valence-electron chi connectivity index (χ2n) is 13.1. The lowest BCUT2D eigenvalue weighted by Gasteiger charge is -2.37. The summed E-state index contributed by atoms with van der Waals surface area (Å²) in [4.78, 5) is 20.3. The van der Waals surface area contributed by atoms with E-state index < -0.39 is 45.0 Å². The number of hydrogen-bond acceptors (Lipinski definition) is 8. The minimum absolute atomic E-state index is 0.0120. The smallest absolute Gasteiger partial charge is 0.396 e. The van der Waals surface area contributed by atoms with E-state index in [2.05, 4.69) is 5.32 Å². The Balaban J connectivity index is 0.000000265. The van der Waals surface area contributed by atoms with Crippen LogP contribution >= 0.6 is 0 Å².